The highest BCUT2D eigenvalue weighted by atomic mass is 79.9. The molecule has 0 bridgehead atoms. The molecule has 0 atom stereocenters. The van der Waals surface area contributed by atoms with Crippen molar-refractivity contribution in [3.05, 3.63) is 74.4 Å². The number of nitrogens with zero attached hydrogens (tertiary/aromatic N) is 1. The predicted molar refractivity (Wildman–Crippen MR) is 109 cm³/mol. The van der Waals surface area contributed by atoms with Crippen molar-refractivity contribution in [2.45, 2.75) is 6.92 Å². The summed E-state index contributed by atoms with van der Waals surface area (Å²) in [5.74, 6) is 0.531. The zero-order valence-corrected chi connectivity index (χ0v) is 16.8. The summed E-state index contributed by atoms with van der Waals surface area (Å²) in [7, 11) is 1.42. The predicted octanol–water partition coefficient (Wildman–Crippen LogP) is 4.72. The second-order valence-corrected chi connectivity index (χ2v) is 6.30. The number of ether oxygens (including phenoxy) is 3. The molecule has 0 saturated heterocycles. The van der Waals surface area contributed by atoms with Crippen molar-refractivity contribution in [2.24, 2.45) is 0 Å². The number of carbonyl (C=O) groups is 1. The van der Waals surface area contributed by atoms with Crippen LogP contribution in [-0.2, 0) is 4.79 Å². The molecule has 0 aliphatic rings. The second-order valence-electron chi connectivity index (χ2n) is 5.38. The number of benzene rings is 2. The Labute approximate surface area is 170 Å². The molecule has 2 aromatic carbocycles. The van der Waals surface area contributed by atoms with E-state index in [1.165, 1.54) is 31.4 Å². The van der Waals surface area contributed by atoms with E-state index in [0.717, 1.165) is 16.2 Å². The minimum atomic E-state index is -0.602. The van der Waals surface area contributed by atoms with E-state index in [9.17, 15) is 14.9 Å². The van der Waals surface area contributed by atoms with Crippen molar-refractivity contribution in [2.75, 3.05) is 13.7 Å². The molecule has 0 aliphatic heterocycles. The summed E-state index contributed by atoms with van der Waals surface area (Å²) >= 11 is 3.39. The molecule has 8 heteroatoms. The van der Waals surface area contributed by atoms with E-state index in [0.29, 0.717) is 17.9 Å². The fourth-order valence-corrected chi connectivity index (χ4v) is 2.63. The fourth-order valence-electron chi connectivity index (χ4n) is 2.26. The van der Waals surface area contributed by atoms with Crippen LogP contribution in [0.25, 0.3) is 12.2 Å². The molecule has 146 valence electrons. The Morgan fingerprint density at radius 2 is 1.89 bits per heavy atom. The van der Waals surface area contributed by atoms with Crippen LogP contribution in [0.15, 0.2) is 53.1 Å². The lowest BCUT2D eigenvalue weighted by Gasteiger charge is -2.09. The van der Waals surface area contributed by atoms with Crippen LogP contribution >= 0.6 is 15.9 Å². The van der Waals surface area contributed by atoms with Crippen LogP contribution in [0.4, 0.5) is 0 Å². The van der Waals surface area contributed by atoms with Gasteiger partial charge in [-0.05, 0) is 48.9 Å². The molecule has 0 saturated carbocycles. The number of esters is 1. The van der Waals surface area contributed by atoms with E-state index in [-0.39, 0.29) is 11.5 Å². The molecule has 0 aliphatic carbocycles. The molecule has 7 nitrogen and oxygen atoms in total. The highest BCUT2D eigenvalue weighted by Crippen LogP contribution is 2.29. The average Bonchev–Trinajstić information content (AvgIpc) is 2.67. The van der Waals surface area contributed by atoms with Gasteiger partial charge < -0.3 is 14.2 Å². The topological polar surface area (TPSA) is 87.9 Å². The van der Waals surface area contributed by atoms with Crippen LogP contribution in [0.2, 0.25) is 0 Å². The number of hydrogen-bond acceptors (Lipinski definition) is 6. The SMILES string of the molecule is CCOc1ccc(Br)cc1/C=C/C(=O)Oc1ccc(/C=C/[N+](=O)[O-])cc1OC. The molecular formula is C20H18BrNO6. The summed E-state index contributed by atoms with van der Waals surface area (Å²) in [4.78, 5) is 22.0. The van der Waals surface area contributed by atoms with Gasteiger partial charge in [0.1, 0.15) is 5.75 Å². The summed E-state index contributed by atoms with van der Waals surface area (Å²) in [6.07, 6.45) is 5.01. The van der Waals surface area contributed by atoms with Gasteiger partial charge in [-0.1, -0.05) is 22.0 Å². The highest BCUT2D eigenvalue weighted by Gasteiger charge is 2.09. The first kappa shape index (κ1) is 21.2. The summed E-state index contributed by atoms with van der Waals surface area (Å²) < 4.78 is 16.9. The molecule has 2 aromatic rings. The van der Waals surface area contributed by atoms with Crippen LogP contribution in [0.1, 0.15) is 18.1 Å². The van der Waals surface area contributed by atoms with Crippen LogP contribution in [0, 0.1) is 10.1 Å². The second kappa shape index (κ2) is 10.3. The van der Waals surface area contributed by atoms with Crippen molar-refractivity contribution < 1.29 is 23.9 Å². The van der Waals surface area contributed by atoms with E-state index in [2.05, 4.69) is 15.9 Å². The van der Waals surface area contributed by atoms with Gasteiger partial charge in [0.2, 0.25) is 6.20 Å². The van der Waals surface area contributed by atoms with E-state index < -0.39 is 10.9 Å². The maximum absolute atomic E-state index is 12.2. The van der Waals surface area contributed by atoms with Gasteiger partial charge in [-0.15, -0.1) is 0 Å². The van der Waals surface area contributed by atoms with Crippen molar-refractivity contribution in [1.29, 1.82) is 0 Å². The Kier molecular flexibility index (Phi) is 7.76. The van der Waals surface area contributed by atoms with Gasteiger partial charge in [0.15, 0.2) is 11.5 Å². The molecule has 0 N–H and O–H groups in total. The van der Waals surface area contributed by atoms with Gasteiger partial charge in [0.25, 0.3) is 0 Å². The summed E-state index contributed by atoms with van der Waals surface area (Å²) in [5.41, 5.74) is 1.26. The smallest absolute Gasteiger partial charge is 0.336 e. The van der Waals surface area contributed by atoms with Gasteiger partial charge in [-0.3, -0.25) is 10.1 Å². The van der Waals surface area contributed by atoms with Crippen LogP contribution in [-0.4, -0.2) is 24.6 Å². The molecule has 0 amide bonds. The maximum Gasteiger partial charge on any atom is 0.336 e. The number of carbonyl (C=O) groups excluding carboxylic acids is 1. The lowest BCUT2D eigenvalue weighted by Crippen LogP contribution is -2.05. The fraction of sp³-hybridized carbons (Fsp3) is 0.150. The van der Waals surface area contributed by atoms with Gasteiger partial charge in [0.05, 0.1) is 18.6 Å². The first-order valence-corrected chi connectivity index (χ1v) is 9.04. The Bertz CT molecular complexity index is 923. The summed E-state index contributed by atoms with van der Waals surface area (Å²) in [5, 5.41) is 10.4. The minimum Gasteiger partial charge on any atom is -0.493 e. The lowest BCUT2D eigenvalue weighted by atomic mass is 10.2. The van der Waals surface area contributed by atoms with Crippen LogP contribution in [0.5, 0.6) is 17.2 Å². The number of rotatable bonds is 8. The maximum atomic E-state index is 12.2. The highest BCUT2D eigenvalue weighted by molar-refractivity contribution is 9.10. The van der Waals surface area contributed by atoms with Crippen molar-refractivity contribution >= 4 is 34.1 Å². The number of nitro groups is 1. The molecule has 0 radical (unpaired) electrons. The van der Waals surface area contributed by atoms with Gasteiger partial charge in [0, 0.05) is 22.2 Å². The van der Waals surface area contributed by atoms with Gasteiger partial charge in [-0.2, -0.15) is 0 Å². The van der Waals surface area contributed by atoms with Gasteiger partial charge >= 0.3 is 5.97 Å². The van der Waals surface area contributed by atoms with Crippen molar-refractivity contribution in [3.8, 4) is 17.2 Å². The molecule has 2 rings (SSSR count). The van der Waals surface area contributed by atoms with Crippen LogP contribution < -0.4 is 14.2 Å². The molecule has 0 fully saturated rings. The zero-order chi connectivity index (χ0) is 20.5. The molecule has 0 spiro atoms. The third-order valence-electron chi connectivity index (χ3n) is 3.46. The Balaban J connectivity index is 2.16. The normalized spacial score (nSPS) is 11.0. The van der Waals surface area contributed by atoms with E-state index in [1.54, 1.807) is 18.2 Å². The first-order valence-electron chi connectivity index (χ1n) is 8.25. The summed E-state index contributed by atoms with van der Waals surface area (Å²) in [6, 6.07) is 10.1. The molecule has 0 heterocycles. The van der Waals surface area contributed by atoms with Crippen molar-refractivity contribution in [1.82, 2.24) is 0 Å². The minimum absolute atomic E-state index is 0.203. The monoisotopic (exact) mass is 447 g/mol. The number of methoxy groups -OCH3 is 1. The molecule has 0 unspecified atom stereocenters. The largest absolute Gasteiger partial charge is 0.493 e. The van der Waals surface area contributed by atoms with E-state index in [1.807, 2.05) is 19.1 Å². The van der Waals surface area contributed by atoms with Crippen molar-refractivity contribution in [3.63, 3.8) is 0 Å². The Morgan fingerprint density at radius 1 is 1.14 bits per heavy atom. The lowest BCUT2D eigenvalue weighted by molar-refractivity contribution is -0.400. The molecular weight excluding hydrogens is 430 g/mol. The first-order chi connectivity index (χ1) is 13.4. The van der Waals surface area contributed by atoms with Gasteiger partial charge in [-0.25, -0.2) is 4.79 Å². The Morgan fingerprint density at radius 3 is 2.57 bits per heavy atom. The summed E-state index contributed by atoms with van der Waals surface area (Å²) in [6.45, 7) is 2.38. The third-order valence-corrected chi connectivity index (χ3v) is 3.95. The quantitative estimate of drug-likeness (QED) is 0.191. The number of hydrogen-bond donors (Lipinski definition) is 0. The number of halogens is 1. The van der Waals surface area contributed by atoms with Crippen LogP contribution in [0.3, 0.4) is 0 Å². The average molecular weight is 448 g/mol. The molecule has 28 heavy (non-hydrogen) atoms. The van der Waals surface area contributed by atoms with E-state index >= 15 is 0 Å². The Hall–Kier alpha value is -3.13. The third kappa shape index (κ3) is 6.24. The van der Waals surface area contributed by atoms with E-state index in [4.69, 9.17) is 14.2 Å². The zero-order valence-electron chi connectivity index (χ0n) is 15.3. The standard InChI is InChI=1S/C20H18BrNO6/c1-3-27-17-8-6-16(21)13-15(17)5-9-20(23)28-18-7-4-14(10-11-22(24)25)12-19(18)26-2/h4-13H,3H2,1-2H3/b9-5+,11-10+. The molecule has 0 aromatic heterocycles.